The molecule has 0 radical (unpaired) electrons. The summed E-state index contributed by atoms with van der Waals surface area (Å²) in [5.41, 5.74) is 0.292. The molecule has 0 saturated carbocycles. The van der Waals surface area contributed by atoms with Gasteiger partial charge in [0.05, 0.1) is 0 Å². The molecule has 0 fully saturated rings. The van der Waals surface area contributed by atoms with E-state index in [1.54, 1.807) is 0 Å². The van der Waals surface area contributed by atoms with Crippen LogP contribution in [0.25, 0.3) is 0 Å². The van der Waals surface area contributed by atoms with Gasteiger partial charge in [-0.15, -0.1) is 0 Å². The summed E-state index contributed by atoms with van der Waals surface area (Å²) in [6.07, 6.45) is 0. The zero-order valence-corrected chi connectivity index (χ0v) is 8.00. The molecule has 0 heterocycles. The first-order chi connectivity index (χ1) is 4.21. The minimum atomic E-state index is 0. The molecule has 0 aliphatic carbocycles. The summed E-state index contributed by atoms with van der Waals surface area (Å²) >= 11 is 0. The molecule has 0 nitrogen and oxygen atoms in total. The fourth-order valence-corrected chi connectivity index (χ4v) is 0.375. The highest BCUT2D eigenvalue weighted by atomic mass is 14.1. The largest absolute Gasteiger partial charge is 0.0968 e. The molecule has 0 aromatic rings. The van der Waals surface area contributed by atoms with E-state index in [0.717, 1.165) is 0 Å². The van der Waals surface area contributed by atoms with Gasteiger partial charge < -0.3 is 0 Å². The van der Waals surface area contributed by atoms with E-state index in [9.17, 15) is 0 Å². The lowest BCUT2D eigenvalue weighted by atomic mass is 9.92. The normalized spacial score (nSPS) is 11.1. The summed E-state index contributed by atoms with van der Waals surface area (Å²) < 4.78 is 0. The molecule has 0 aliphatic heterocycles. The predicted octanol–water partition coefficient (Wildman–Crippen LogP) is 3.72. The van der Waals surface area contributed by atoms with Crippen molar-refractivity contribution in [1.82, 2.24) is 0 Å². The molecule has 66 valence electrons. The van der Waals surface area contributed by atoms with Crippen molar-refractivity contribution in [1.29, 1.82) is 0 Å². The molecule has 0 aromatic carbocycles. The molecule has 0 unspecified atom stereocenters. The van der Waals surface area contributed by atoms with Crippen LogP contribution in [-0.2, 0) is 0 Å². The van der Waals surface area contributed by atoms with Gasteiger partial charge in [0, 0.05) is 10.8 Å². The second kappa shape index (κ2) is 3.81. The molecular weight excluding hydrogens is 132 g/mol. The van der Waals surface area contributed by atoms with Gasteiger partial charge in [-0.25, -0.2) is 0 Å². The summed E-state index contributed by atoms with van der Waals surface area (Å²) in [6, 6.07) is 0. The molecule has 0 rings (SSSR count). The molecule has 0 atom stereocenters. The molecule has 0 spiro atoms. The summed E-state index contributed by atoms with van der Waals surface area (Å²) in [5.74, 6) is 6.42. The quantitative estimate of drug-likeness (QED) is 0.466. The van der Waals surface area contributed by atoms with Crippen LogP contribution in [0.4, 0.5) is 0 Å². The van der Waals surface area contributed by atoms with E-state index in [1.807, 2.05) is 0 Å². The van der Waals surface area contributed by atoms with Gasteiger partial charge in [-0.2, -0.15) is 0 Å². The fraction of sp³-hybridized carbons (Fsp3) is 0.818. The van der Waals surface area contributed by atoms with Gasteiger partial charge in [0.15, 0.2) is 0 Å². The third-order valence-corrected chi connectivity index (χ3v) is 0.812. The highest BCUT2D eigenvalue weighted by Gasteiger charge is 2.07. The molecule has 0 amide bonds. The lowest BCUT2D eigenvalue weighted by Gasteiger charge is -2.12. The SMILES string of the molecule is C.CC(C)(C)C#CC(C)(C)C. The predicted molar refractivity (Wildman–Crippen MR) is 53.4 cm³/mol. The van der Waals surface area contributed by atoms with Crippen LogP contribution in [0.2, 0.25) is 0 Å². The minimum absolute atomic E-state index is 0. The van der Waals surface area contributed by atoms with Crippen LogP contribution in [0.1, 0.15) is 49.0 Å². The van der Waals surface area contributed by atoms with E-state index >= 15 is 0 Å². The van der Waals surface area contributed by atoms with Crippen molar-refractivity contribution in [3.8, 4) is 11.8 Å². The van der Waals surface area contributed by atoms with Crippen LogP contribution in [0.15, 0.2) is 0 Å². The molecule has 0 aromatic heterocycles. The average Bonchev–Trinajstić information content (AvgIpc) is 1.57. The van der Waals surface area contributed by atoms with Crippen molar-refractivity contribution in [3.05, 3.63) is 0 Å². The number of rotatable bonds is 0. The Balaban J connectivity index is 0. The Morgan fingerprint density at radius 3 is 0.909 bits per heavy atom. The van der Waals surface area contributed by atoms with Gasteiger partial charge in [0.2, 0.25) is 0 Å². The van der Waals surface area contributed by atoms with Crippen molar-refractivity contribution in [2.75, 3.05) is 0 Å². The Labute approximate surface area is 72.4 Å². The molecule has 0 saturated heterocycles. The van der Waals surface area contributed by atoms with Gasteiger partial charge in [0.1, 0.15) is 0 Å². The van der Waals surface area contributed by atoms with Gasteiger partial charge in [-0.1, -0.05) is 19.3 Å². The summed E-state index contributed by atoms with van der Waals surface area (Å²) in [5, 5.41) is 0. The smallest absolute Gasteiger partial charge is 0.0230 e. The van der Waals surface area contributed by atoms with Crippen molar-refractivity contribution in [2.24, 2.45) is 10.8 Å². The molecule has 0 heteroatoms. The van der Waals surface area contributed by atoms with Crippen LogP contribution in [0.3, 0.4) is 0 Å². The van der Waals surface area contributed by atoms with Crippen LogP contribution in [0, 0.1) is 22.7 Å². The Morgan fingerprint density at radius 2 is 0.818 bits per heavy atom. The number of hydrogen-bond acceptors (Lipinski definition) is 0. The molecule has 0 N–H and O–H groups in total. The zero-order chi connectivity index (χ0) is 8.41. The highest BCUT2D eigenvalue weighted by Crippen LogP contribution is 2.15. The Morgan fingerprint density at radius 1 is 0.636 bits per heavy atom. The van der Waals surface area contributed by atoms with E-state index in [2.05, 4.69) is 53.4 Å². The first-order valence-electron chi connectivity index (χ1n) is 3.75. The topological polar surface area (TPSA) is 0 Å². The second-order valence-corrected chi connectivity index (χ2v) is 4.75. The standard InChI is InChI=1S/C10H18.CH4/c1-9(2,3)7-8-10(4,5)6;/h1-6H3;1H4. The van der Waals surface area contributed by atoms with Crippen LogP contribution < -0.4 is 0 Å². The van der Waals surface area contributed by atoms with Crippen LogP contribution in [0.5, 0.6) is 0 Å². The van der Waals surface area contributed by atoms with E-state index in [-0.39, 0.29) is 18.3 Å². The number of hydrogen-bond donors (Lipinski definition) is 0. The summed E-state index contributed by atoms with van der Waals surface area (Å²) in [6.45, 7) is 12.8. The third kappa shape index (κ3) is 12.7. The van der Waals surface area contributed by atoms with Gasteiger partial charge in [0.25, 0.3) is 0 Å². The van der Waals surface area contributed by atoms with Gasteiger partial charge >= 0.3 is 0 Å². The van der Waals surface area contributed by atoms with Crippen molar-refractivity contribution in [2.45, 2.75) is 49.0 Å². The maximum Gasteiger partial charge on any atom is 0.0230 e. The van der Waals surface area contributed by atoms with E-state index in [1.165, 1.54) is 0 Å². The second-order valence-electron chi connectivity index (χ2n) is 4.75. The summed E-state index contributed by atoms with van der Waals surface area (Å²) in [7, 11) is 0. The molecular formula is C11H22. The first kappa shape index (κ1) is 13.2. The van der Waals surface area contributed by atoms with Crippen molar-refractivity contribution in [3.63, 3.8) is 0 Å². The maximum atomic E-state index is 3.21. The lowest BCUT2D eigenvalue weighted by molar-refractivity contribution is 0.543. The molecule has 0 aliphatic rings. The van der Waals surface area contributed by atoms with Gasteiger partial charge in [-0.3, -0.25) is 0 Å². The Kier molecular flexibility index (Phi) is 4.56. The van der Waals surface area contributed by atoms with Crippen molar-refractivity contribution >= 4 is 0 Å². The van der Waals surface area contributed by atoms with E-state index < -0.39 is 0 Å². The van der Waals surface area contributed by atoms with Crippen molar-refractivity contribution < 1.29 is 0 Å². The third-order valence-electron chi connectivity index (χ3n) is 0.812. The Bertz CT molecular complexity index is 133. The molecule has 0 bridgehead atoms. The van der Waals surface area contributed by atoms with Crippen LogP contribution >= 0.6 is 0 Å². The lowest BCUT2D eigenvalue weighted by Crippen LogP contribution is -2.05. The zero-order valence-electron chi connectivity index (χ0n) is 8.00. The van der Waals surface area contributed by atoms with Gasteiger partial charge in [-0.05, 0) is 41.5 Å². The molecule has 11 heavy (non-hydrogen) atoms. The van der Waals surface area contributed by atoms with Crippen LogP contribution in [-0.4, -0.2) is 0 Å². The summed E-state index contributed by atoms with van der Waals surface area (Å²) in [4.78, 5) is 0. The highest BCUT2D eigenvalue weighted by molar-refractivity contribution is 5.12. The minimum Gasteiger partial charge on any atom is -0.0968 e. The average molecular weight is 154 g/mol. The van der Waals surface area contributed by atoms with E-state index in [4.69, 9.17) is 0 Å². The van der Waals surface area contributed by atoms with E-state index in [0.29, 0.717) is 0 Å². The fourth-order valence-electron chi connectivity index (χ4n) is 0.375. The maximum absolute atomic E-state index is 3.21. The Hall–Kier alpha value is -0.440. The monoisotopic (exact) mass is 154 g/mol. The first-order valence-corrected chi connectivity index (χ1v) is 3.75.